The molecule has 112 valence electrons. The number of aryl methyl sites for hydroxylation is 1. The van der Waals surface area contributed by atoms with Crippen LogP contribution >= 0.6 is 11.3 Å². The third kappa shape index (κ3) is 2.78. The van der Waals surface area contributed by atoms with E-state index in [1.807, 2.05) is 12.1 Å². The van der Waals surface area contributed by atoms with E-state index in [-0.39, 0.29) is 12.1 Å². The van der Waals surface area contributed by atoms with E-state index < -0.39 is 0 Å². The van der Waals surface area contributed by atoms with Gasteiger partial charge in [0, 0.05) is 17.5 Å². The number of ether oxygens (including phenoxy) is 1. The molecule has 0 amide bonds. The van der Waals surface area contributed by atoms with Crippen molar-refractivity contribution < 1.29 is 4.74 Å². The van der Waals surface area contributed by atoms with E-state index in [4.69, 9.17) is 10.5 Å². The number of hydrogen-bond donors (Lipinski definition) is 1. The summed E-state index contributed by atoms with van der Waals surface area (Å²) in [6, 6.07) is 10.7. The fraction of sp³-hybridized carbons (Fsp3) is 0.412. The third-order valence-corrected chi connectivity index (χ3v) is 5.07. The Bertz CT molecular complexity index is 608. The molecule has 4 heteroatoms. The van der Waals surface area contributed by atoms with E-state index >= 15 is 0 Å². The molecule has 0 saturated heterocycles. The molecular weight excluding hydrogens is 280 g/mol. The minimum absolute atomic E-state index is 0.0634. The fourth-order valence-corrected chi connectivity index (χ4v) is 4.15. The molecule has 21 heavy (non-hydrogen) atoms. The van der Waals surface area contributed by atoms with Crippen LogP contribution in [0.4, 0.5) is 5.69 Å². The van der Waals surface area contributed by atoms with Gasteiger partial charge in [-0.1, -0.05) is 12.1 Å². The molecule has 0 aliphatic carbocycles. The first-order valence-corrected chi connectivity index (χ1v) is 8.34. The Hall–Kier alpha value is -1.52. The lowest BCUT2D eigenvalue weighted by Crippen LogP contribution is -2.40. The highest BCUT2D eigenvalue weighted by molar-refractivity contribution is 7.10. The van der Waals surface area contributed by atoms with Crippen LogP contribution in [0.15, 0.2) is 35.7 Å². The first kappa shape index (κ1) is 14.4. The largest absolute Gasteiger partial charge is 0.491 e. The smallest absolute Gasteiger partial charge is 0.142 e. The molecule has 0 fully saturated rings. The van der Waals surface area contributed by atoms with Crippen LogP contribution in [0.5, 0.6) is 5.75 Å². The lowest BCUT2D eigenvalue weighted by atomic mass is 10.0. The van der Waals surface area contributed by atoms with Gasteiger partial charge in [-0.2, -0.15) is 0 Å². The molecule has 2 atom stereocenters. The number of fused-ring (bicyclic) bond motifs is 1. The molecule has 0 bridgehead atoms. The van der Waals surface area contributed by atoms with Crippen LogP contribution in [0.1, 0.15) is 29.8 Å². The second-order valence-corrected chi connectivity index (χ2v) is 6.58. The minimum Gasteiger partial charge on any atom is -0.491 e. The molecule has 2 aromatic rings. The summed E-state index contributed by atoms with van der Waals surface area (Å²) in [7, 11) is 0. The molecule has 1 aliphatic heterocycles. The lowest BCUT2D eigenvalue weighted by Gasteiger charge is -2.35. The highest BCUT2D eigenvalue weighted by Gasteiger charge is 2.29. The zero-order valence-corrected chi connectivity index (χ0v) is 13.4. The molecule has 1 aliphatic rings. The predicted molar refractivity (Wildman–Crippen MR) is 89.3 cm³/mol. The van der Waals surface area contributed by atoms with Gasteiger partial charge in [0.1, 0.15) is 5.75 Å². The molecule has 2 N–H and O–H groups in total. The van der Waals surface area contributed by atoms with E-state index in [9.17, 15) is 0 Å². The van der Waals surface area contributed by atoms with Crippen molar-refractivity contribution in [3.63, 3.8) is 0 Å². The summed E-state index contributed by atoms with van der Waals surface area (Å²) in [4.78, 5) is 3.79. The van der Waals surface area contributed by atoms with E-state index in [1.165, 1.54) is 10.4 Å². The zero-order chi connectivity index (χ0) is 14.8. The zero-order valence-electron chi connectivity index (χ0n) is 12.6. The van der Waals surface area contributed by atoms with Crippen molar-refractivity contribution in [1.82, 2.24) is 0 Å². The molecule has 3 nitrogen and oxygen atoms in total. The van der Waals surface area contributed by atoms with E-state index in [0.29, 0.717) is 0 Å². The predicted octanol–water partition coefficient (Wildman–Crippen LogP) is 3.73. The van der Waals surface area contributed by atoms with Gasteiger partial charge in [-0.05, 0) is 49.4 Å². The first-order chi connectivity index (χ1) is 10.2. The van der Waals surface area contributed by atoms with E-state index in [0.717, 1.165) is 31.0 Å². The Kier molecular flexibility index (Phi) is 4.17. The number of anilines is 1. The van der Waals surface area contributed by atoms with Crippen LogP contribution in [0.25, 0.3) is 0 Å². The van der Waals surface area contributed by atoms with E-state index in [1.54, 1.807) is 11.3 Å². The lowest BCUT2D eigenvalue weighted by molar-refractivity contribution is 0.322. The van der Waals surface area contributed by atoms with Gasteiger partial charge in [0.2, 0.25) is 0 Å². The van der Waals surface area contributed by atoms with Gasteiger partial charge >= 0.3 is 0 Å². The number of para-hydroxylation sites is 2. The Morgan fingerprint density at radius 3 is 2.81 bits per heavy atom. The SMILES string of the molecule is Cc1ccsc1C(C(C)N)N1CCCOc2ccccc21. The molecule has 1 aromatic heterocycles. The van der Waals surface area contributed by atoms with Crippen molar-refractivity contribution in [2.24, 2.45) is 5.73 Å². The second-order valence-electron chi connectivity index (χ2n) is 5.63. The molecule has 2 unspecified atom stereocenters. The van der Waals surface area contributed by atoms with Crippen LogP contribution < -0.4 is 15.4 Å². The molecule has 0 radical (unpaired) electrons. The van der Waals surface area contributed by atoms with Crippen molar-refractivity contribution in [3.8, 4) is 5.75 Å². The van der Waals surface area contributed by atoms with Crippen LogP contribution in [-0.2, 0) is 0 Å². The van der Waals surface area contributed by atoms with Crippen molar-refractivity contribution >= 4 is 17.0 Å². The van der Waals surface area contributed by atoms with Crippen molar-refractivity contribution in [3.05, 3.63) is 46.2 Å². The maximum absolute atomic E-state index is 6.36. The van der Waals surface area contributed by atoms with Crippen LogP contribution in [0.3, 0.4) is 0 Å². The summed E-state index contributed by atoms with van der Waals surface area (Å²) < 4.78 is 5.88. The summed E-state index contributed by atoms with van der Waals surface area (Å²) in [5, 5.41) is 2.15. The minimum atomic E-state index is 0.0634. The van der Waals surface area contributed by atoms with E-state index in [2.05, 4.69) is 42.3 Å². The molecule has 2 heterocycles. The van der Waals surface area contributed by atoms with Crippen molar-refractivity contribution in [2.75, 3.05) is 18.1 Å². The van der Waals surface area contributed by atoms with Gasteiger partial charge in [0.25, 0.3) is 0 Å². The standard InChI is InChI=1S/C17H22N2OS/c1-12-8-11-21-17(12)16(13(2)18)19-9-5-10-20-15-7-4-3-6-14(15)19/h3-4,6-8,11,13,16H,5,9-10,18H2,1-2H3. The molecular formula is C17H22N2OS. The van der Waals surface area contributed by atoms with Gasteiger partial charge < -0.3 is 15.4 Å². The number of benzene rings is 1. The molecule has 0 spiro atoms. The van der Waals surface area contributed by atoms with Gasteiger partial charge in [-0.25, -0.2) is 0 Å². The first-order valence-electron chi connectivity index (χ1n) is 7.46. The third-order valence-electron chi connectivity index (χ3n) is 3.98. The van der Waals surface area contributed by atoms with Crippen molar-refractivity contribution in [2.45, 2.75) is 32.4 Å². The Morgan fingerprint density at radius 1 is 1.29 bits per heavy atom. The summed E-state index contributed by atoms with van der Waals surface area (Å²) in [6.07, 6.45) is 1.02. The summed E-state index contributed by atoms with van der Waals surface area (Å²) >= 11 is 1.80. The Balaban J connectivity index is 2.06. The summed E-state index contributed by atoms with van der Waals surface area (Å²) in [5.74, 6) is 0.967. The van der Waals surface area contributed by atoms with Crippen molar-refractivity contribution in [1.29, 1.82) is 0 Å². The Morgan fingerprint density at radius 2 is 2.10 bits per heavy atom. The van der Waals surface area contributed by atoms with Gasteiger partial charge in [-0.3, -0.25) is 0 Å². The fourth-order valence-electron chi connectivity index (χ4n) is 2.99. The van der Waals surface area contributed by atoms with Crippen LogP contribution in [-0.4, -0.2) is 19.2 Å². The average Bonchev–Trinajstić information content (AvgIpc) is 2.77. The normalized spacial score (nSPS) is 17.6. The monoisotopic (exact) mass is 302 g/mol. The van der Waals surface area contributed by atoms with Crippen LogP contribution in [0, 0.1) is 6.92 Å². The van der Waals surface area contributed by atoms with Gasteiger partial charge in [0.15, 0.2) is 0 Å². The average molecular weight is 302 g/mol. The number of hydrogen-bond acceptors (Lipinski definition) is 4. The van der Waals surface area contributed by atoms with Gasteiger partial charge in [-0.15, -0.1) is 11.3 Å². The number of nitrogens with zero attached hydrogens (tertiary/aromatic N) is 1. The highest BCUT2D eigenvalue weighted by atomic mass is 32.1. The number of thiophene rings is 1. The van der Waals surface area contributed by atoms with Gasteiger partial charge in [0.05, 0.1) is 18.3 Å². The molecule has 0 saturated carbocycles. The second kappa shape index (κ2) is 6.08. The van der Waals surface area contributed by atoms with Crippen LogP contribution in [0.2, 0.25) is 0 Å². The summed E-state index contributed by atoms with van der Waals surface area (Å²) in [6.45, 7) is 6.00. The molecule has 1 aromatic carbocycles. The number of rotatable bonds is 3. The maximum Gasteiger partial charge on any atom is 0.142 e. The summed E-state index contributed by atoms with van der Waals surface area (Å²) in [5.41, 5.74) is 8.84. The maximum atomic E-state index is 6.36. The quantitative estimate of drug-likeness (QED) is 0.939. The number of nitrogens with two attached hydrogens (primary N) is 1. The topological polar surface area (TPSA) is 38.5 Å². The Labute approximate surface area is 130 Å². The molecule has 3 rings (SSSR count). The highest BCUT2D eigenvalue weighted by Crippen LogP contribution is 2.39.